The summed E-state index contributed by atoms with van der Waals surface area (Å²) < 4.78 is 34.1. The van der Waals surface area contributed by atoms with Gasteiger partial charge in [-0.25, -0.2) is 18.1 Å². The van der Waals surface area contributed by atoms with Crippen molar-refractivity contribution in [1.82, 2.24) is 14.1 Å². The van der Waals surface area contributed by atoms with Crippen molar-refractivity contribution in [3.8, 4) is 5.75 Å². The number of aryl methyl sites for hydroxylation is 1. The van der Waals surface area contributed by atoms with Gasteiger partial charge >= 0.3 is 0 Å². The third-order valence-electron chi connectivity index (χ3n) is 3.71. The van der Waals surface area contributed by atoms with Gasteiger partial charge in [-0.3, -0.25) is 0 Å². The van der Waals surface area contributed by atoms with Crippen molar-refractivity contribution in [3.05, 3.63) is 60.0 Å². The van der Waals surface area contributed by atoms with Gasteiger partial charge in [0, 0.05) is 25.4 Å². The normalized spacial score (nSPS) is 11.8. The van der Waals surface area contributed by atoms with E-state index in [9.17, 15) is 8.42 Å². The lowest BCUT2D eigenvalue weighted by molar-refractivity contribution is 0.414. The lowest BCUT2D eigenvalue weighted by Gasteiger charge is -2.06. The molecule has 0 atom stereocenters. The van der Waals surface area contributed by atoms with Crippen molar-refractivity contribution in [3.63, 3.8) is 0 Å². The summed E-state index contributed by atoms with van der Waals surface area (Å²) in [6, 6.07) is 10.3. The van der Waals surface area contributed by atoms with Crippen LogP contribution in [0.2, 0.25) is 0 Å². The highest BCUT2D eigenvalue weighted by molar-refractivity contribution is 7.89. The minimum atomic E-state index is -3.53. The summed E-state index contributed by atoms with van der Waals surface area (Å²) in [6.45, 7) is 2.30. The van der Waals surface area contributed by atoms with Crippen LogP contribution < -0.4 is 9.46 Å². The highest BCUT2D eigenvalue weighted by atomic mass is 32.2. The maximum Gasteiger partial charge on any atom is 0.240 e. The molecular weight excluding hydrogens is 326 g/mol. The molecule has 0 aliphatic heterocycles. The maximum atomic E-state index is 12.3. The second-order valence-corrected chi connectivity index (χ2v) is 7.29. The van der Waals surface area contributed by atoms with Gasteiger partial charge in [-0.15, -0.1) is 0 Å². The van der Waals surface area contributed by atoms with Crippen LogP contribution in [0, 0.1) is 6.92 Å². The van der Waals surface area contributed by atoms with E-state index in [4.69, 9.17) is 4.74 Å². The van der Waals surface area contributed by atoms with E-state index in [1.54, 1.807) is 12.1 Å². The van der Waals surface area contributed by atoms with Crippen LogP contribution in [-0.2, 0) is 16.4 Å². The summed E-state index contributed by atoms with van der Waals surface area (Å²) in [5.41, 5.74) is 2.85. The number of hydrogen-bond acceptors (Lipinski definition) is 4. The second kappa shape index (κ2) is 6.62. The van der Waals surface area contributed by atoms with Crippen molar-refractivity contribution in [1.29, 1.82) is 0 Å². The fraction of sp³-hybridized carbons (Fsp3) is 0.235. The molecule has 3 aromatic rings. The Labute approximate surface area is 141 Å². The van der Waals surface area contributed by atoms with Crippen LogP contribution in [0.3, 0.4) is 0 Å². The summed E-state index contributed by atoms with van der Waals surface area (Å²) in [4.78, 5) is 4.72. The van der Waals surface area contributed by atoms with Crippen molar-refractivity contribution in [2.75, 3.05) is 13.7 Å². The standard InChI is InChI=1S/C17H19N3O3S/c1-13-8-10-20-12-14(19-17(20)11-13)7-9-18-24(21,22)16-5-3-15(23-2)4-6-16/h3-6,8,10-12,18H,7,9H2,1-2H3. The molecule has 1 aromatic carbocycles. The Morgan fingerprint density at radius 3 is 2.67 bits per heavy atom. The molecule has 2 aromatic heterocycles. The number of sulfonamides is 1. The number of nitrogens with zero attached hydrogens (tertiary/aromatic N) is 2. The molecule has 0 radical (unpaired) electrons. The number of aromatic nitrogens is 2. The van der Waals surface area contributed by atoms with Gasteiger partial charge in [-0.2, -0.15) is 0 Å². The molecule has 2 heterocycles. The summed E-state index contributed by atoms with van der Waals surface area (Å²) in [6.07, 6.45) is 4.38. The Balaban J connectivity index is 1.65. The molecule has 0 saturated heterocycles. The lowest BCUT2D eigenvalue weighted by atomic mass is 10.3. The molecule has 1 N–H and O–H groups in total. The Bertz CT molecular complexity index is 947. The summed E-state index contributed by atoms with van der Waals surface area (Å²) >= 11 is 0. The quantitative estimate of drug-likeness (QED) is 0.743. The van der Waals surface area contributed by atoms with Gasteiger partial charge in [0.15, 0.2) is 0 Å². The first kappa shape index (κ1) is 16.5. The van der Waals surface area contributed by atoms with Crippen LogP contribution in [-0.4, -0.2) is 31.5 Å². The van der Waals surface area contributed by atoms with Gasteiger partial charge in [0.1, 0.15) is 11.4 Å². The lowest BCUT2D eigenvalue weighted by Crippen LogP contribution is -2.26. The molecule has 0 amide bonds. The molecule has 0 saturated carbocycles. The molecule has 24 heavy (non-hydrogen) atoms. The van der Waals surface area contributed by atoms with Gasteiger partial charge in [-0.1, -0.05) is 0 Å². The first-order chi connectivity index (χ1) is 11.5. The predicted molar refractivity (Wildman–Crippen MR) is 91.8 cm³/mol. The number of nitrogens with one attached hydrogen (secondary N) is 1. The average Bonchev–Trinajstić information content (AvgIpc) is 2.96. The highest BCUT2D eigenvalue weighted by Crippen LogP contribution is 2.15. The van der Waals surface area contributed by atoms with Crippen LogP contribution >= 0.6 is 0 Å². The molecule has 0 aliphatic rings. The monoisotopic (exact) mass is 345 g/mol. The van der Waals surface area contributed by atoms with E-state index in [0.29, 0.717) is 12.2 Å². The minimum Gasteiger partial charge on any atom is -0.497 e. The van der Waals surface area contributed by atoms with E-state index >= 15 is 0 Å². The van der Waals surface area contributed by atoms with E-state index in [2.05, 4.69) is 9.71 Å². The van der Waals surface area contributed by atoms with Gasteiger partial charge in [0.2, 0.25) is 10.0 Å². The molecule has 0 aliphatic carbocycles. The Morgan fingerprint density at radius 2 is 1.96 bits per heavy atom. The van der Waals surface area contributed by atoms with Crippen molar-refractivity contribution >= 4 is 15.7 Å². The molecule has 0 fully saturated rings. The van der Waals surface area contributed by atoms with Crippen molar-refractivity contribution in [2.45, 2.75) is 18.2 Å². The molecule has 3 rings (SSSR count). The summed E-state index contributed by atoms with van der Waals surface area (Å²) in [5, 5.41) is 0. The first-order valence-electron chi connectivity index (χ1n) is 7.56. The molecule has 0 bridgehead atoms. The van der Waals surface area contributed by atoms with E-state index in [1.807, 2.05) is 35.9 Å². The van der Waals surface area contributed by atoms with E-state index in [-0.39, 0.29) is 11.4 Å². The van der Waals surface area contributed by atoms with Crippen LogP contribution in [0.1, 0.15) is 11.3 Å². The smallest absolute Gasteiger partial charge is 0.240 e. The average molecular weight is 345 g/mol. The summed E-state index contributed by atoms with van der Waals surface area (Å²) in [7, 11) is -1.99. The van der Waals surface area contributed by atoms with Gasteiger partial charge in [0.05, 0.1) is 17.7 Å². The van der Waals surface area contributed by atoms with Crippen LogP contribution in [0.25, 0.3) is 5.65 Å². The van der Waals surface area contributed by atoms with Crippen molar-refractivity contribution < 1.29 is 13.2 Å². The number of fused-ring (bicyclic) bond motifs is 1. The van der Waals surface area contributed by atoms with E-state index in [0.717, 1.165) is 16.9 Å². The van der Waals surface area contributed by atoms with Crippen LogP contribution in [0.5, 0.6) is 5.75 Å². The highest BCUT2D eigenvalue weighted by Gasteiger charge is 2.13. The zero-order valence-corrected chi connectivity index (χ0v) is 14.4. The first-order valence-corrected chi connectivity index (χ1v) is 9.04. The Morgan fingerprint density at radius 1 is 1.21 bits per heavy atom. The third-order valence-corrected chi connectivity index (χ3v) is 5.19. The van der Waals surface area contributed by atoms with Gasteiger partial charge in [-0.05, 0) is 48.9 Å². The second-order valence-electron chi connectivity index (χ2n) is 5.53. The molecule has 126 valence electrons. The Kier molecular flexibility index (Phi) is 4.55. The van der Waals surface area contributed by atoms with Crippen LogP contribution in [0.4, 0.5) is 0 Å². The third kappa shape index (κ3) is 3.58. The number of imidazole rings is 1. The number of ether oxygens (including phenoxy) is 1. The summed E-state index contributed by atoms with van der Waals surface area (Å²) in [5.74, 6) is 0.619. The number of rotatable bonds is 6. The zero-order chi connectivity index (χ0) is 17.2. The molecule has 6 nitrogen and oxygen atoms in total. The molecule has 0 unspecified atom stereocenters. The fourth-order valence-corrected chi connectivity index (χ4v) is 3.44. The SMILES string of the molecule is COc1ccc(S(=O)(=O)NCCc2cn3ccc(C)cc3n2)cc1. The number of methoxy groups -OCH3 is 1. The maximum absolute atomic E-state index is 12.3. The van der Waals surface area contributed by atoms with Crippen LogP contribution in [0.15, 0.2) is 53.7 Å². The molecule has 0 spiro atoms. The Hall–Kier alpha value is -2.38. The topological polar surface area (TPSA) is 72.7 Å². The molecular formula is C17H19N3O3S. The van der Waals surface area contributed by atoms with E-state index in [1.165, 1.54) is 19.2 Å². The number of benzene rings is 1. The number of pyridine rings is 1. The predicted octanol–water partition coefficient (Wildman–Crippen LogP) is 2.17. The largest absolute Gasteiger partial charge is 0.497 e. The minimum absolute atomic E-state index is 0.217. The van der Waals surface area contributed by atoms with Gasteiger partial charge < -0.3 is 9.14 Å². The molecule has 7 heteroatoms. The van der Waals surface area contributed by atoms with Crippen molar-refractivity contribution in [2.24, 2.45) is 0 Å². The van der Waals surface area contributed by atoms with E-state index < -0.39 is 10.0 Å². The number of hydrogen-bond donors (Lipinski definition) is 1. The fourth-order valence-electron chi connectivity index (χ4n) is 2.41. The zero-order valence-electron chi connectivity index (χ0n) is 13.6. The van der Waals surface area contributed by atoms with Gasteiger partial charge in [0.25, 0.3) is 0 Å².